The van der Waals surface area contributed by atoms with Crippen molar-refractivity contribution < 1.29 is 14.7 Å². The summed E-state index contributed by atoms with van der Waals surface area (Å²) in [5.41, 5.74) is 1.13. The Hall–Kier alpha value is -2.14. The number of carboxylic acids is 1. The minimum Gasteiger partial charge on any atom is -0.481 e. The first kappa shape index (κ1) is 21.1. The van der Waals surface area contributed by atoms with Crippen molar-refractivity contribution in [3.63, 3.8) is 0 Å². The van der Waals surface area contributed by atoms with Gasteiger partial charge in [0.1, 0.15) is 0 Å². The molecule has 1 aromatic heterocycles. The summed E-state index contributed by atoms with van der Waals surface area (Å²) in [6.45, 7) is 4.75. The van der Waals surface area contributed by atoms with Crippen LogP contribution in [0.1, 0.15) is 62.7 Å². The van der Waals surface area contributed by atoms with E-state index in [1.807, 2.05) is 23.6 Å². The predicted molar refractivity (Wildman–Crippen MR) is 122 cm³/mol. The van der Waals surface area contributed by atoms with Gasteiger partial charge in [0.2, 0.25) is 0 Å². The van der Waals surface area contributed by atoms with Crippen molar-refractivity contribution in [3.05, 3.63) is 47.4 Å². The zero-order valence-corrected chi connectivity index (χ0v) is 18.6. The van der Waals surface area contributed by atoms with E-state index in [1.54, 1.807) is 11.3 Å². The van der Waals surface area contributed by atoms with E-state index >= 15 is 0 Å². The van der Waals surface area contributed by atoms with Gasteiger partial charge in [0, 0.05) is 27.9 Å². The number of hydrogen-bond donors (Lipinski definition) is 2. The molecule has 3 aliphatic carbocycles. The second-order valence-electron chi connectivity index (χ2n) is 9.48. The van der Waals surface area contributed by atoms with Gasteiger partial charge in [-0.1, -0.05) is 44.2 Å². The Balaban J connectivity index is 1.43. The zero-order valence-electron chi connectivity index (χ0n) is 17.8. The number of fused-ring (bicyclic) bond motifs is 3. The summed E-state index contributed by atoms with van der Waals surface area (Å²) in [4.78, 5) is 23.8. The molecule has 1 amide bonds. The Morgan fingerprint density at radius 3 is 2.80 bits per heavy atom. The summed E-state index contributed by atoms with van der Waals surface area (Å²) in [6.07, 6.45) is 9.29. The highest BCUT2D eigenvalue weighted by molar-refractivity contribution is 7.17. The smallest absolute Gasteiger partial charge is 0.303 e. The lowest BCUT2D eigenvalue weighted by atomic mass is 9.44. The van der Waals surface area contributed by atoms with Crippen molar-refractivity contribution in [2.24, 2.45) is 23.2 Å². The van der Waals surface area contributed by atoms with Gasteiger partial charge >= 0.3 is 5.97 Å². The van der Waals surface area contributed by atoms with Gasteiger partial charge < -0.3 is 10.4 Å². The average Bonchev–Trinajstić information content (AvgIpc) is 3.15. The fraction of sp³-hybridized carbons (Fsp3) is 0.520. The van der Waals surface area contributed by atoms with Gasteiger partial charge in [-0.3, -0.25) is 9.59 Å². The van der Waals surface area contributed by atoms with Crippen LogP contribution in [-0.2, 0) is 4.79 Å². The Morgan fingerprint density at radius 2 is 2.03 bits per heavy atom. The second kappa shape index (κ2) is 8.54. The Kier molecular flexibility index (Phi) is 6.01. The molecule has 0 spiro atoms. The number of allylic oxidation sites excluding steroid dienone is 2. The van der Waals surface area contributed by atoms with E-state index in [2.05, 4.69) is 37.4 Å². The monoisotopic (exact) mass is 425 g/mol. The molecule has 2 aromatic rings. The Labute approximate surface area is 182 Å². The molecule has 160 valence electrons. The zero-order chi connectivity index (χ0) is 21.3. The summed E-state index contributed by atoms with van der Waals surface area (Å²) >= 11 is 1.62. The van der Waals surface area contributed by atoms with Crippen LogP contribution >= 0.6 is 11.3 Å². The van der Waals surface area contributed by atoms with Crippen molar-refractivity contribution in [1.82, 2.24) is 5.32 Å². The van der Waals surface area contributed by atoms with Crippen LogP contribution in [0.3, 0.4) is 0 Å². The Morgan fingerprint density at radius 1 is 1.23 bits per heavy atom. The average molecular weight is 426 g/mol. The molecule has 2 bridgehead atoms. The van der Waals surface area contributed by atoms with E-state index < -0.39 is 5.97 Å². The summed E-state index contributed by atoms with van der Waals surface area (Å²) in [5, 5.41) is 15.2. The maximum atomic E-state index is 13.1. The van der Waals surface area contributed by atoms with Crippen LogP contribution in [-0.4, -0.2) is 23.0 Å². The summed E-state index contributed by atoms with van der Waals surface area (Å²) < 4.78 is 1.15. The number of unbranched alkanes of at least 4 members (excludes halogenated alkanes) is 1. The van der Waals surface area contributed by atoms with Crippen molar-refractivity contribution in [2.75, 3.05) is 0 Å². The van der Waals surface area contributed by atoms with Crippen LogP contribution in [0.2, 0.25) is 0 Å². The van der Waals surface area contributed by atoms with Crippen LogP contribution in [0.15, 0.2) is 41.8 Å². The highest BCUT2D eigenvalue weighted by Crippen LogP contribution is 2.62. The minimum absolute atomic E-state index is 0.0481. The summed E-state index contributed by atoms with van der Waals surface area (Å²) in [6, 6.07) is 8.29. The molecule has 0 unspecified atom stereocenters. The number of amides is 1. The largest absolute Gasteiger partial charge is 0.481 e. The van der Waals surface area contributed by atoms with Gasteiger partial charge in [-0.25, -0.2) is 0 Å². The number of carbonyl (C=O) groups is 2. The molecule has 3 fully saturated rings. The molecule has 2 N–H and O–H groups in total. The number of hydrogen-bond acceptors (Lipinski definition) is 3. The van der Waals surface area contributed by atoms with E-state index in [0.717, 1.165) is 34.9 Å². The van der Waals surface area contributed by atoms with Gasteiger partial charge in [-0.05, 0) is 61.3 Å². The maximum Gasteiger partial charge on any atom is 0.303 e. The lowest BCUT2D eigenvalue weighted by Gasteiger charge is -2.62. The number of rotatable bonds is 8. The summed E-state index contributed by atoms with van der Waals surface area (Å²) in [5.74, 6) is 1.07. The maximum absolute atomic E-state index is 13.1. The molecular formula is C25H31NO3S. The topological polar surface area (TPSA) is 66.4 Å². The fourth-order valence-corrected chi connectivity index (χ4v) is 6.52. The molecule has 30 heavy (non-hydrogen) atoms. The number of carboxylic acid groups (broad SMARTS) is 1. The molecule has 1 heterocycles. The molecule has 5 heteroatoms. The van der Waals surface area contributed by atoms with Crippen LogP contribution in [0.5, 0.6) is 0 Å². The first-order valence-electron chi connectivity index (χ1n) is 11.0. The number of thiophene rings is 1. The highest BCUT2D eigenvalue weighted by Gasteiger charge is 2.57. The first-order chi connectivity index (χ1) is 14.4. The predicted octanol–water partition coefficient (Wildman–Crippen LogP) is 5.88. The SMILES string of the molecule is CC1(C)[C@H]2C[C@@H](NC(=O)c3csc4ccccc34)[C@H](CC=CCCCC(=O)O)[C@@H]1C2. The lowest BCUT2D eigenvalue weighted by molar-refractivity contribution is -0.137. The van der Waals surface area contributed by atoms with E-state index in [-0.39, 0.29) is 18.4 Å². The molecule has 3 saturated carbocycles. The third-order valence-corrected chi connectivity index (χ3v) is 8.46. The van der Waals surface area contributed by atoms with Gasteiger partial charge in [0.25, 0.3) is 5.91 Å². The fourth-order valence-electron chi connectivity index (χ4n) is 5.58. The number of benzene rings is 1. The lowest BCUT2D eigenvalue weighted by Crippen LogP contribution is -2.61. The first-order valence-corrected chi connectivity index (χ1v) is 11.9. The molecule has 4 atom stereocenters. The van der Waals surface area contributed by atoms with Crippen molar-refractivity contribution in [1.29, 1.82) is 0 Å². The Bertz CT molecular complexity index is 960. The van der Waals surface area contributed by atoms with Crippen LogP contribution in [0.25, 0.3) is 10.1 Å². The van der Waals surface area contributed by atoms with Crippen LogP contribution in [0, 0.1) is 23.2 Å². The summed E-state index contributed by atoms with van der Waals surface area (Å²) in [7, 11) is 0. The third kappa shape index (κ3) is 4.04. The van der Waals surface area contributed by atoms with E-state index in [9.17, 15) is 9.59 Å². The van der Waals surface area contributed by atoms with Gasteiger partial charge in [0.15, 0.2) is 0 Å². The van der Waals surface area contributed by atoms with Gasteiger partial charge in [-0.15, -0.1) is 11.3 Å². The number of aliphatic carboxylic acids is 1. The number of nitrogens with one attached hydrogen (secondary N) is 1. The molecule has 1 aromatic carbocycles. The standard InChI is InChI=1S/C25H31NO3S/c1-25(2)16-13-20(25)18(10-5-3-4-6-12-23(27)28)21(14-16)26-24(29)19-15-30-22-11-8-7-9-17(19)22/h3,5,7-9,11,15-16,18,20-21H,4,6,10,12-14H2,1-2H3,(H,26,29)(H,27,28)/t16-,18-,20+,21-/m1/s1. The van der Waals surface area contributed by atoms with E-state index in [4.69, 9.17) is 5.11 Å². The minimum atomic E-state index is -0.735. The van der Waals surface area contributed by atoms with E-state index in [1.165, 1.54) is 6.42 Å². The van der Waals surface area contributed by atoms with Gasteiger partial charge in [0.05, 0.1) is 5.56 Å². The van der Waals surface area contributed by atoms with Gasteiger partial charge in [-0.2, -0.15) is 0 Å². The molecule has 5 rings (SSSR count). The second-order valence-corrected chi connectivity index (χ2v) is 10.4. The van der Waals surface area contributed by atoms with Crippen LogP contribution in [0.4, 0.5) is 0 Å². The molecule has 0 saturated heterocycles. The molecular weight excluding hydrogens is 394 g/mol. The molecule has 4 nitrogen and oxygen atoms in total. The van der Waals surface area contributed by atoms with E-state index in [0.29, 0.717) is 29.6 Å². The molecule has 0 radical (unpaired) electrons. The quantitative estimate of drug-likeness (QED) is 0.410. The highest BCUT2D eigenvalue weighted by atomic mass is 32.1. The third-order valence-electron chi connectivity index (χ3n) is 7.50. The normalized spacial score (nSPS) is 27.1. The number of carbonyl (C=O) groups excluding carboxylic acids is 1. The molecule has 0 aliphatic heterocycles. The molecule has 3 aliphatic rings. The van der Waals surface area contributed by atoms with Crippen molar-refractivity contribution in [3.8, 4) is 0 Å². The van der Waals surface area contributed by atoms with Crippen molar-refractivity contribution in [2.45, 2.75) is 58.4 Å². The van der Waals surface area contributed by atoms with Crippen LogP contribution < -0.4 is 5.32 Å². The van der Waals surface area contributed by atoms with Crippen molar-refractivity contribution >= 4 is 33.3 Å².